The predicted octanol–water partition coefficient (Wildman–Crippen LogP) is 2.88. The Labute approximate surface area is 178 Å². The zero-order chi connectivity index (χ0) is 21.5. The van der Waals surface area contributed by atoms with E-state index in [0.717, 1.165) is 55.2 Å². The molecule has 0 aromatic heterocycles. The minimum atomic E-state index is -0.649. The number of aryl methyl sites for hydroxylation is 1. The molecule has 1 unspecified atom stereocenters. The smallest absolute Gasteiger partial charge is 0.312 e. The lowest BCUT2D eigenvalue weighted by atomic mass is 9.98. The van der Waals surface area contributed by atoms with Gasteiger partial charge in [0.2, 0.25) is 5.91 Å². The van der Waals surface area contributed by atoms with Crippen molar-refractivity contribution in [2.45, 2.75) is 26.3 Å². The number of carbonyl (C=O) groups excluding carboxylic acids is 2. The molecular formula is C23H31N5O2. The van der Waals surface area contributed by atoms with Gasteiger partial charge in [0.15, 0.2) is 0 Å². The van der Waals surface area contributed by atoms with Crippen molar-refractivity contribution >= 4 is 23.3 Å². The van der Waals surface area contributed by atoms with E-state index in [-0.39, 0.29) is 12.3 Å². The molecule has 3 amide bonds. The highest BCUT2D eigenvalue weighted by atomic mass is 16.2. The van der Waals surface area contributed by atoms with E-state index in [0.29, 0.717) is 0 Å². The summed E-state index contributed by atoms with van der Waals surface area (Å²) in [6, 6.07) is 14.4. The molecule has 1 aliphatic rings. The van der Waals surface area contributed by atoms with E-state index in [1.54, 1.807) is 0 Å². The summed E-state index contributed by atoms with van der Waals surface area (Å²) >= 11 is 0. The molecule has 1 saturated heterocycles. The third-order valence-electron chi connectivity index (χ3n) is 5.58. The van der Waals surface area contributed by atoms with Crippen molar-refractivity contribution in [3.63, 3.8) is 0 Å². The Bertz CT molecular complexity index is 877. The second-order valence-corrected chi connectivity index (χ2v) is 7.64. The maximum atomic E-state index is 12.7. The van der Waals surface area contributed by atoms with Gasteiger partial charge in [-0.1, -0.05) is 37.3 Å². The summed E-state index contributed by atoms with van der Waals surface area (Å²) in [5.74, 6) is -0.176. The van der Waals surface area contributed by atoms with Crippen molar-refractivity contribution in [1.29, 1.82) is 0 Å². The van der Waals surface area contributed by atoms with Crippen LogP contribution in [0.15, 0.2) is 48.5 Å². The average molecular weight is 410 g/mol. The molecule has 0 aliphatic carbocycles. The van der Waals surface area contributed by atoms with Gasteiger partial charge in [-0.05, 0) is 42.8 Å². The highest BCUT2D eigenvalue weighted by Crippen LogP contribution is 2.24. The molecular weight excluding hydrogens is 378 g/mol. The lowest BCUT2D eigenvalue weighted by Crippen LogP contribution is -2.46. The zero-order valence-electron chi connectivity index (χ0n) is 17.7. The largest absolute Gasteiger partial charge is 0.369 e. The van der Waals surface area contributed by atoms with Crippen LogP contribution in [0.2, 0.25) is 0 Å². The first kappa shape index (κ1) is 21.6. The summed E-state index contributed by atoms with van der Waals surface area (Å²) in [6.07, 6.45) is 0.104. The number of nitrogens with two attached hydrogens (primary N) is 1. The number of likely N-dealkylation sites (N-methyl/N-ethyl adjacent to an activating group) is 1. The van der Waals surface area contributed by atoms with Gasteiger partial charge in [0, 0.05) is 37.6 Å². The molecule has 1 aliphatic heterocycles. The molecule has 2 aromatic carbocycles. The second-order valence-electron chi connectivity index (χ2n) is 7.64. The first-order valence-corrected chi connectivity index (χ1v) is 10.4. The number of hydrogen-bond donors (Lipinski definition) is 3. The summed E-state index contributed by atoms with van der Waals surface area (Å²) in [7, 11) is 0. The standard InChI is InChI=1S/C23H31N5O2/c1-3-27-11-13-28(14-12-27)19-9-6-8-18(15-19)25-22(29)16-21(26-23(24)30)20-10-5-4-7-17(20)2/h4-10,15,21H,3,11-14,16H2,1-2H3,(H,25,29)(H3,24,26,30). The Balaban J connectivity index is 1.66. The maximum absolute atomic E-state index is 12.7. The molecule has 2 aromatic rings. The van der Waals surface area contributed by atoms with Crippen LogP contribution in [0.25, 0.3) is 0 Å². The van der Waals surface area contributed by atoms with Gasteiger partial charge in [0.25, 0.3) is 0 Å². The van der Waals surface area contributed by atoms with E-state index in [1.807, 2.05) is 49.4 Å². The molecule has 1 fully saturated rings. The van der Waals surface area contributed by atoms with Gasteiger partial charge in [0.05, 0.1) is 12.5 Å². The Kier molecular flexibility index (Phi) is 7.30. The molecule has 7 heteroatoms. The Hall–Kier alpha value is -3.06. The normalized spacial score (nSPS) is 15.5. The lowest BCUT2D eigenvalue weighted by Gasteiger charge is -2.35. The minimum absolute atomic E-state index is 0.104. The van der Waals surface area contributed by atoms with Gasteiger partial charge >= 0.3 is 6.03 Å². The number of carbonyl (C=O) groups is 2. The van der Waals surface area contributed by atoms with Gasteiger partial charge in [-0.2, -0.15) is 0 Å². The topological polar surface area (TPSA) is 90.7 Å². The fourth-order valence-electron chi connectivity index (χ4n) is 3.89. The van der Waals surface area contributed by atoms with E-state index in [4.69, 9.17) is 5.73 Å². The molecule has 0 saturated carbocycles. The molecule has 160 valence electrons. The molecule has 3 rings (SSSR count). The molecule has 1 heterocycles. The predicted molar refractivity (Wildman–Crippen MR) is 121 cm³/mol. The average Bonchev–Trinajstić information content (AvgIpc) is 2.73. The summed E-state index contributed by atoms with van der Waals surface area (Å²) < 4.78 is 0. The second kappa shape index (κ2) is 10.1. The van der Waals surface area contributed by atoms with Crippen molar-refractivity contribution < 1.29 is 9.59 Å². The summed E-state index contributed by atoms with van der Waals surface area (Å²) in [5, 5.41) is 5.66. The zero-order valence-corrected chi connectivity index (χ0v) is 17.7. The number of piperazine rings is 1. The third-order valence-corrected chi connectivity index (χ3v) is 5.58. The molecule has 7 nitrogen and oxygen atoms in total. The van der Waals surface area contributed by atoms with Gasteiger partial charge in [0.1, 0.15) is 0 Å². The summed E-state index contributed by atoms with van der Waals surface area (Å²) in [4.78, 5) is 29.0. The fourth-order valence-corrected chi connectivity index (χ4v) is 3.89. The van der Waals surface area contributed by atoms with Crippen LogP contribution in [0.1, 0.15) is 30.5 Å². The first-order chi connectivity index (χ1) is 14.5. The van der Waals surface area contributed by atoms with Gasteiger partial charge in [-0.25, -0.2) is 4.79 Å². The number of primary amides is 1. The van der Waals surface area contributed by atoms with E-state index in [9.17, 15) is 9.59 Å². The highest BCUT2D eigenvalue weighted by Gasteiger charge is 2.20. The Morgan fingerprint density at radius 2 is 1.80 bits per heavy atom. The number of benzene rings is 2. The van der Waals surface area contributed by atoms with Crippen LogP contribution in [0.5, 0.6) is 0 Å². The number of amides is 3. The Morgan fingerprint density at radius 1 is 1.07 bits per heavy atom. The molecule has 4 N–H and O–H groups in total. The third kappa shape index (κ3) is 5.73. The van der Waals surface area contributed by atoms with E-state index >= 15 is 0 Å². The summed E-state index contributed by atoms with van der Waals surface area (Å²) in [5.41, 5.74) is 9.08. The van der Waals surface area contributed by atoms with Gasteiger partial charge in [-0.3, -0.25) is 4.79 Å². The minimum Gasteiger partial charge on any atom is -0.369 e. The van der Waals surface area contributed by atoms with Crippen molar-refractivity contribution in [2.75, 3.05) is 42.9 Å². The first-order valence-electron chi connectivity index (χ1n) is 10.4. The lowest BCUT2D eigenvalue weighted by molar-refractivity contribution is -0.116. The monoisotopic (exact) mass is 409 g/mol. The molecule has 1 atom stereocenters. The number of anilines is 2. The van der Waals surface area contributed by atoms with Crippen molar-refractivity contribution in [3.8, 4) is 0 Å². The molecule has 0 radical (unpaired) electrons. The number of nitrogens with zero attached hydrogens (tertiary/aromatic N) is 2. The van der Waals surface area contributed by atoms with Crippen LogP contribution in [-0.4, -0.2) is 49.6 Å². The highest BCUT2D eigenvalue weighted by molar-refractivity contribution is 5.92. The van der Waals surface area contributed by atoms with Gasteiger partial charge in [-0.15, -0.1) is 0 Å². The van der Waals surface area contributed by atoms with Crippen LogP contribution >= 0.6 is 0 Å². The number of urea groups is 1. The molecule has 0 bridgehead atoms. The fraction of sp³-hybridized carbons (Fsp3) is 0.391. The van der Waals surface area contributed by atoms with Crippen LogP contribution in [-0.2, 0) is 4.79 Å². The van der Waals surface area contributed by atoms with E-state index < -0.39 is 12.1 Å². The van der Waals surface area contributed by atoms with Crippen molar-refractivity contribution in [3.05, 3.63) is 59.7 Å². The van der Waals surface area contributed by atoms with Crippen LogP contribution in [0.3, 0.4) is 0 Å². The van der Waals surface area contributed by atoms with Crippen molar-refractivity contribution in [1.82, 2.24) is 10.2 Å². The Morgan fingerprint density at radius 3 is 2.47 bits per heavy atom. The van der Waals surface area contributed by atoms with Crippen LogP contribution < -0.4 is 21.3 Å². The van der Waals surface area contributed by atoms with Crippen molar-refractivity contribution in [2.24, 2.45) is 5.73 Å². The molecule has 30 heavy (non-hydrogen) atoms. The van der Waals surface area contributed by atoms with Crippen LogP contribution in [0, 0.1) is 6.92 Å². The quantitative estimate of drug-likeness (QED) is 0.656. The number of hydrogen-bond acceptors (Lipinski definition) is 4. The van der Waals surface area contributed by atoms with Gasteiger partial charge < -0.3 is 26.2 Å². The summed E-state index contributed by atoms with van der Waals surface area (Å²) in [6.45, 7) is 9.25. The number of nitrogens with one attached hydrogen (secondary N) is 2. The van der Waals surface area contributed by atoms with E-state index in [2.05, 4.69) is 33.4 Å². The number of rotatable bonds is 7. The SMILES string of the molecule is CCN1CCN(c2cccc(NC(=O)CC(NC(N)=O)c3ccccc3C)c2)CC1. The van der Waals surface area contributed by atoms with Crippen LogP contribution in [0.4, 0.5) is 16.2 Å². The van der Waals surface area contributed by atoms with E-state index in [1.165, 1.54) is 0 Å². The molecule has 0 spiro atoms. The maximum Gasteiger partial charge on any atom is 0.312 e.